The summed E-state index contributed by atoms with van der Waals surface area (Å²) in [5.74, 6) is 3.38. The minimum atomic E-state index is -3.14. The molecule has 4 rings (SSSR count). The van der Waals surface area contributed by atoms with E-state index in [1.54, 1.807) is 11.6 Å². The molecule has 0 amide bonds. The van der Waals surface area contributed by atoms with Crippen molar-refractivity contribution in [2.45, 2.75) is 0 Å². The van der Waals surface area contributed by atoms with Crippen LogP contribution in [-0.4, -0.2) is 30.8 Å². The van der Waals surface area contributed by atoms with Crippen LogP contribution in [0.4, 0.5) is 5.69 Å². The Balaban J connectivity index is 1.64. The maximum Gasteiger partial charge on any atom is 0.196 e. The lowest BCUT2D eigenvalue weighted by Gasteiger charge is -2.38. The summed E-state index contributed by atoms with van der Waals surface area (Å²) in [7, 11) is -3.14. The van der Waals surface area contributed by atoms with E-state index < -0.39 is 7.29 Å². The smallest absolute Gasteiger partial charge is 0.196 e. The normalized spacial score (nSPS) is 17.8. The van der Waals surface area contributed by atoms with Crippen molar-refractivity contribution in [3.05, 3.63) is 114 Å². The fourth-order valence-corrected chi connectivity index (χ4v) is 7.02. The highest BCUT2D eigenvalue weighted by Gasteiger charge is 2.31. The molecule has 164 valence electrons. The molecule has 3 nitrogen and oxygen atoms in total. The maximum absolute atomic E-state index is 14.4. The second-order valence-corrected chi connectivity index (χ2v) is 10.9. The summed E-state index contributed by atoms with van der Waals surface area (Å²) in [6.07, 6.45) is 0. The van der Waals surface area contributed by atoms with Gasteiger partial charge in [-0.05, 0) is 23.3 Å². The molecule has 0 saturated carbocycles. The third-order valence-electron chi connectivity index (χ3n) is 5.52. The van der Waals surface area contributed by atoms with Crippen molar-refractivity contribution in [3.8, 4) is 0 Å². The Morgan fingerprint density at radius 2 is 1.06 bits per heavy atom. The summed E-state index contributed by atoms with van der Waals surface area (Å²) in [5, 5.41) is 0.932. The molecule has 32 heavy (non-hydrogen) atoms. The van der Waals surface area contributed by atoms with E-state index in [2.05, 4.69) is 17.0 Å². The van der Waals surface area contributed by atoms with Gasteiger partial charge in [0.2, 0.25) is 0 Å². The van der Waals surface area contributed by atoms with Gasteiger partial charge >= 0.3 is 0 Å². The number of rotatable bonds is 6. The molecule has 1 fully saturated rings. The predicted octanol–water partition coefficient (Wildman–Crippen LogP) is 7.56. The average molecular weight is 483 g/mol. The molecule has 3 aromatic rings. The van der Waals surface area contributed by atoms with Crippen molar-refractivity contribution in [1.82, 2.24) is 4.67 Å². The van der Waals surface area contributed by atoms with Crippen molar-refractivity contribution >= 4 is 46.2 Å². The Morgan fingerprint density at radius 1 is 0.656 bits per heavy atom. The van der Waals surface area contributed by atoms with Crippen LogP contribution in [0.3, 0.4) is 0 Å². The second-order valence-electron chi connectivity index (χ2n) is 7.63. The van der Waals surface area contributed by atoms with Crippen molar-refractivity contribution < 1.29 is 4.57 Å². The number of piperazine rings is 1. The summed E-state index contributed by atoms with van der Waals surface area (Å²) >= 11 is 13.3. The number of para-hydroxylation sites is 1. The summed E-state index contributed by atoms with van der Waals surface area (Å²) < 4.78 is 16.4. The Kier molecular flexibility index (Phi) is 7.55. The molecule has 0 bridgehead atoms. The van der Waals surface area contributed by atoms with Gasteiger partial charge in [0.15, 0.2) is 7.29 Å². The number of halogens is 2. The van der Waals surface area contributed by atoms with E-state index >= 15 is 0 Å². The van der Waals surface area contributed by atoms with Crippen LogP contribution in [0.5, 0.6) is 0 Å². The van der Waals surface area contributed by atoms with Crippen molar-refractivity contribution in [1.29, 1.82) is 0 Å². The zero-order valence-corrected chi connectivity index (χ0v) is 20.1. The molecule has 1 saturated heterocycles. The standard InChI is InChI=1S/C26H25Cl2N2OP/c27-25(22-10-4-1-5-11-22)20-32(31,21-26(28)23-12-6-2-7-13-23)30-18-16-29(17-19-30)24-14-8-3-9-15-24/h1-15,20-21H,16-19H2. The first-order valence-corrected chi connectivity index (χ1v) is 13.1. The molecule has 1 aliphatic rings. The first kappa shape index (κ1) is 22.9. The van der Waals surface area contributed by atoms with Gasteiger partial charge in [0, 0.05) is 43.5 Å². The van der Waals surface area contributed by atoms with Crippen molar-refractivity contribution in [2.24, 2.45) is 0 Å². The van der Waals surface area contributed by atoms with Gasteiger partial charge in [-0.2, -0.15) is 0 Å². The van der Waals surface area contributed by atoms with E-state index in [0.717, 1.165) is 24.2 Å². The molecule has 0 radical (unpaired) electrons. The fourth-order valence-electron chi connectivity index (χ4n) is 3.77. The molecule has 1 heterocycles. The van der Waals surface area contributed by atoms with Crippen LogP contribution in [0.25, 0.3) is 10.1 Å². The Bertz CT molecular complexity index is 1070. The number of benzene rings is 3. The molecule has 0 spiro atoms. The topological polar surface area (TPSA) is 23.6 Å². The first-order chi connectivity index (χ1) is 15.5. The summed E-state index contributed by atoms with van der Waals surface area (Å²) in [6, 6.07) is 29.5. The molecule has 0 aromatic heterocycles. The van der Waals surface area contributed by atoms with E-state index in [9.17, 15) is 4.57 Å². The summed E-state index contributed by atoms with van der Waals surface area (Å²) in [6.45, 7) is 2.86. The lowest BCUT2D eigenvalue weighted by Crippen LogP contribution is -2.44. The zero-order chi connectivity index (χ0) is 22.4. The molecule has 0 N–H and O–H groups in total. The van der Waals surface area contributed by atoms with Crippen LogP contribution >= 0.6 is 30.5 Å². The van der Waals surface area contributed by atoms with E-state index in [-0.39, 0.29) is 0 Å². The number of hydrogen-bond donors (Lipinski definition) is 0. The highest BCUT2D eigenvalue weighted by atomic mass is 35.5. The zero-order valence-electron chi connectivity index (χ0n) is 17.6. The SMILES string of the molecule is O=P(C=C(Cl)c1ccccc1)(C=C(Cl)c1ccccc1)N1CCN(c2ccccc2)CC1. The molecule has 0 atom stereocenters. The monoisotopic (exact) mass is 482 g/mol. The van der Waals surface area contributed by atoms with E-state index in [4.69, 9.17) is 23.2 Å². The number of nitrogens with zero attached hydrogens (tertiary/aromatic N) is 2. The van der Waals surface area contributed by atoms with Gasteiger partial charge in [-0.25, -0.2) is 4.67 Å². The van der Waals surface area contributed by atoms with E-state index in [1.165, 1.54) is 5.69 Å². The van der Waals surface area contributed by atoms with Gasteiger partial charge in [0.25, 0.3) is 0 Å². The van der Waals surface area contributed by atoms with Gasteiger partial charge < -0.3 is 4.90 Å². The third-order valence-corrected chi connectivity index (χ3v) is 9.01. The van der Waals surface area contributed by atoms with Crippen molar-refractivity contribution in [3.63, 3.8) is 0 Å². The molecule has 0 unspecified atom stereocenters. The van der Waals surface area contributed by atoms with Gasteiger partial charge in [-0.1, -0.05) is 102 Å². The number of hydrogen-bond acceptors (Lipinski definition) is 2. The largest absolute Gasteiger partial charge is 0.369 e. The fraction of sp³-hybridized carbons (Fsp3) is 0.154. The molecule has 6 heteroatoms. The van der Waals surface area contributed by atoms with Gasteiger partial charge in [-0.15, -0.1) is 0 Å². The molecule has 0 aliphatic carbocycles. The minimum absolute atomic E-state index is 0.466. The molecule has 1 aliphatic heterocycles. The average Bonchev–Trinajstić information content (AvgIpc) is 2.85. The van der Waals surface area contributed by atoms with Crippen LogP contribution in [0.2, 0.25) is 0 Å². The number of anilines is 1. The Labute approximate surface area is 200 Å². The Hall–Kier alpha value is -2.29. The van der Waals surface area contributed by atoms with Gasteiger partial charge in [0.1, 0.15) is 0 Å². The predicted molar refractivity (Wildman–Crippen MR) is 138 cm³/mol. The lowest BCUT2D eigenvalue weighted by molar-refractivity contribution is 0.392. The first-order valence-electron chi connectivity index (χ1n) is 10.6. The van der Waals surface area contributed by atoms with Gasteiger partial charge in [0.05, 0.1) is 10.1 Å². The Morgan fingerprint density at radius 3 is 1.50 bits per heavy atom. The summed E-state index contributed by atoms with van der Waals surface area (Å²) in [5.41, 5.74) is 2.85. The van der Waals surface area contributed by atoms with Crippen LogP contribution in [0.1, 0.15) is 11.1 Å². The quantitative estimate of drug-likeness (QED) is 0.338. The molecular formula is C26H25Cl2N2OP. The van der Waals surface area contributed by atoms with Crippen molar-refractivity contribution in [2.75, 3.05) is 31.1 Å². The van der Waals surface area contributed by atoms with Crippen LogP contribution in [0.15, 0.2) is 103 Å². The summed E-state index contributed by atoms with van der Waals surface area (Å²) in [4.78, 5) is 2.31. The van der Waals surface area contributed by atoms with Crippen LogP contribution in [0, 0.1) is 0 Å². The maximum atomic E-state index is 14.4. The molecular weight excluding hydrogens is 458 g/mol. The highest BCUT2D eigenvalue weighted by Crippen LogP contribution is 2.57. The van der Waals surface area contributed by atoms with Crippen LogP contribution in [-0.2, 0) is 4.57 Å². The second kappa shape index (κ2) is 10.6. The molecule has 3 aromatic carbocycles. The minimum Gasteiger partial charge on any atom is -0.369 e. The van der Waals surface area contributed by atoms with E-state index in [0.29, 0.717) is 23.2 Å². The lowest BCUT2D eigenvalue weighted by atomic mass is 10.2. The third kappa shape index (κ3) is 5.54. The highest BCUT2D eigenvalue weighted by molar-refractivity contribution is 7.68. The van der Waals surface area contributed by atoms with E-state index in [1.807, 2.05) is 83.5 Å². The van der Waals surface area contributed by atoms with Crippen LogP contribution < -0.4 is 4.90 Å². The van der Waals surface area contributed by atoms with Gasteiger partial charge in [-0.3, -0.25) is 4.57 Å².